The average Bonchev–Trinajstić information content (AvgIpc) is 3.17. The molecule has 0 bridgehead atoms. The van der Waals surface area contributed by atoms with Gasteiger partial charge in [-0.2, -0.15) is 45.5 Å². The Morgan fingerprint density at radius 2 is 1.48 bits per heavy atom. The fourth-order valence-corrected chi connectivity index (χ4v) is 3.47. The summed E-state index contributed by atoms with van der Waals surface area (Å²) >= 11 is 0. The molecule has 0 aromatic heterocycles. The molecular weight excluding hydrogens is 320 g/mol. The largest absolute Gasteiger partial charge is 2.00 e. The van der Waals surface area contributed by atoms with Crippen molar-refractivity contribution < 1.29 is 17.1 Å². The summed E-state index contributed by atoms with van der Waals surface area (Å²) in [6, 6.07) is 8.97. The van der Waals surface area contributed by atoms with Gasteiger partial charge in [0.25, 0.3) is 0 Å². The van der Waals surface area contributed by atoms with E-state index in [4.69, 9.17) is 0 Å². The third kappa shape index (κ3) is 5.66. The quantitative estimate of drug-likeness (QED) is 0.429. The molecule has 0 nitrogen and oxygen atoms in total. The van der Waals surface area contributed by atoms with Crippen LogP contribution in [0.5, 0.6) is 0 Å². The topological polar surface area (TPSA) is 0 Å². The molecule has 0 aliphatic heterocycles. The third-order valence-electron chi connectivity index (χ3n) is 4.73. The standard InChI is InChI=1S/C13H21.C9H13.Fe/c1-5-10-9-11(6-2)13(8-4)12(10)7-3;1-3-8-6-5-7-9(8)4-2;/h9H,5-8H2,1-4H3;5-7H,3-4H2,1-2H3;/q2*-1;+2. The van der Waals surface area contributed by atoms with Gasteiger partial charge in [-0.25, -0.2) is 12.1 Å². The Kier molecular flexibility index (Phi) is 11.3. The molecule has 2 rings (SSSR count). The van der Waals surface area contributed by atoms with E-state index in [2.05, 4.69) is 65.8 Å². The maximum absolute atomic E-state index is 2.41. The van der Waals surface area contributed by atoms with Crippen molar-refractivity contribution in [3.05, 3.63) is 57.6 Å². The second-order valence-corrected chi connectivity index (χ2v) is 5.85. The van der Waals surface area contributed by atoms with E-state index < -0.39 is 0 Å². The molecule has 0 fully saturated rings. The summed E-state index contributed by atoms with van der Waals surface area (Å²) in [5.41, 5.74) is 9.44. The zero-order chi connectivity index (χ0) is 16.5. The Balaban J connectivity index is 0.000000427. The van der Waals surface area contributed by atoms with Gasteiger partial charge in [-0.05, 0) is 0 Å². The number of hydrogen-bond donors (Lipinski definition) is 0. The van der Waals surface area contributed by atoms with Crippen LogP contribution in [-0.4, -0.2) is 0 Å². The van der Waals surface area contributed by atoms with Crippen molar-refractivity contribution in [2.24, 2.45) is 0 Å². The first-order chi connectivity index (χ1) is 10.7. The number of aryl methyl sites for hydroxylation is 4. The molecule has 0 aliphatic rings. The SMILES string of the molecule is CCc1cc(CC)[c-](CC)c1CC.CCc1cc[cH-]c1CC.[Fe+2]. The van der Waals surface area contributed by atoms with Crippen LogP contribution in [0.3, 0.4) is 0 Å². The van der Waals surface area contributed by atoms with Gasteiger partial charge in [-0.3, -0.25) is 0 Å². The first-order valence-electron chi connectivity index (χ1n) is 9.19. The predicted octanol–water partition coefficient (Wildman–Crippen LogP) is 6.18. The zero-order valence-corrected chi connectivity index (χ0v) is 17.0. The van der Waals surface area contributed by atoms with Gasteiger partial charge in [0.1, 0.15) is 0 Å². The van der Waals surface area contributed by atoms with Crippen molar-refractivity contribution in [3.63, 3.8) is 0 Å². The van der Waals surface area contributed by atoms with E-state index in [1.165, 1.54) is 49.7 Å². The maximum Gasteiger partial charge on any atom is 2.00 e. The Labute approximate surface area is 154 Å². The van der Waals surface area contributed by atoms with Crippen LogP contribution >= 0.6 is 0 Å². The van der Waals surface area contributed by atoms with Crippen molar-refractivity contribution in [3.8, 4) is 0 Å². The second kappa shape index (κ2) is 11.7. The summed E-state index contributed by atoms with van der Waals surface area (Å²) in [5.74, 6) is 0. The van der Waals surface area contributed by atoms with Crippen LogP contribution in [0.1, 0.15) is 74.9 Å². The maximum atomic E-state index is 2.41. The van der Waals surface area contributed by atoms with Gasteiger partial charge in [-0.15, -0.1) is 0 Å². The van der Waals surface area contributed by atoms with E-state index in [1.54, 1.807) is 22.3 Å². The van der Waals surface area contributed by atoms with Crippen LogP contribution in [0.4, 0.5) is 0 Å². The summed E-state index contributed by atoms with van der Waals surface area (Å²) in [6.45, 7) is 13.5. The van der Waals surface area contributed by atoms with Crippen molar-refractivity contribution in [1.29, 1.82) is 0 Å². The van der Waals surface area contributed by atoms with Crippen LogP contribution in [0, 0.1) is 0 Å². The molecule has 0 heterocycles. The minimum Gasteiger partial charge on any atom is -0.210 e. The van der Waals surface area contributed by atoms with E-state index >= 15 is 0 Å². The Bertz CT molecular complexity index is 497. The van der Waals surface area contributed by atoms with Gasteiger partial charge in [0.2, 0.25) is 0 Å². The van der Waals surface area contributed by atoms with E-state index in [1.807, 2.05) is 0 Å². The Morgan fingerprint density at radius 1 is 0.826 bits per heavy atom. The third-order valence-corrected chi connectivity index (χ3v) is 4.73. The first kappa shape index (κ1) is 22.2. The van der Waals surface area contributed by atoms with Crippen molar-refractivity contribution in [2.75, 3.05) is 0 Å². The Hall–Kier alpha value is -0.781. The number of hydrogen-bond acceptors (Lipinski definition) is 0. The summed E-state index contributed by atoms with van der Waals surface area (Å²) in [6.07, 6.45) is 7.14. The molecule has 0 spiro atoms. The molecular formula is C22H34Fe. The predicted molar refractivity (Wildman–Crippen MR) is 100 cm³/mol. The fourth-order valence-electron chi connectivity index (χ4n) is 3.47. The second-order valence-electron chi connectivity index (χ2n) is 5.85. The monoisotopic (exact) mass is 354 g/mol. The van der Waals surface area contributed by atoms with E-state index in [0.717, 1.165) is 0 Å². The summed E-state index contributed by atoms with van der Waals surface area (Å²) in [5, 5.41) is 0. The molecule has 23 heavy (non-hydrogen) atoms. The molecule has 130 valence electrons. The van der Waals surface area contributed by atoms with Crippen molar-refractivity contribution in [2.45, 2.75) is 80.1 Å². The first-order valence-corrected chi connectivity index (χ1v) is 9.19. The van der Waals surface area contributed by atoms with Crippen LogP contribution in [0.2, 0.25) is 0 Å². The molecule has 1 heteroatoms. The normalized spacial score (nSPS) is 10.0. The van der Waals surface area contributed by atoms with Gasteiger partial charge in [-0.1, -0.05) is 80.1 Å². The van der Waals surface area contributed by atoms with E-state index in [9.17, 15) is 0 Å². The van der Waals surface area contributed by atoms with Crippen LogP contribution in [0.25, 0.3) is 0 Å². The van der Waals surface area contributed by atoms with E-state index in [-0.39, 0.29) is 17.1 Å². The zero-order valence-electron chi connectivity index (χ0n) is 15.9. The molecule has 2 aromatic rings. The average molecular weight is 354 g/mol. The van der Waals surface area contributed by atoms with Gasteiger partial charge in [0, 0.05) is 0 Å². The summed E-state index contributed by atoms with van der Waals surface area (Å²) in [7, 11) is 0. The molecule has 0 N–H and O–H groups in total. The summed E-state index contributed by atoms with van der Waals surface area (Å²) < 4.78 is 0. The molecule has 0 saturated carbocycles. The molecule has 0 unspecified atom stereocenters. The van der Waals surface area contributed by atoms with E-state index in [0.29, 0.717) is 0 Å². The van der Waals surface area contributed by atoms with Gasteiger partial charge in [0.15, 0.2) is 0 Å². The Morgan fingerprint density at radius 3 is 1.87 bits per heavy atom. The molecule has 2 aromatic carbocycles. The fraction of sp³-hybridized carbons (Fsp3) is 0.545. The van der Waals surface area contributed by atoms with Crippen molar-refractivity contribution in [1.82, 2.24) is 0 Å². The van der Waals surface area contributed by atoms with Gasteiger partial charge < -0.3 is 0 Å². The van der Waals surface area contributed by atoms with Gasteiger partial charge >= 0.3 is 17.1 Å². The number of rotatable bonds is 6. The van der Waals surface area contributed by atoms with Crippen LogP contribution in [0.15, 0.2) is 24.3 Å². The van der Waals surface area contributed by atoms with Crippen molar-refractivity contribution >= 4 is 0 Å². The molecule has 0 radical (unpaired) electrons. The molecule has 0 atom stereocenters. The van der Waals surface area contributed by atoms with Crippen LogP contribution in [-0.2, 0) is 55.6 Å². The minimum absolute atomic E-state index is 0. The smallest absolute Gasteiger partial charge is 0.210 e. The van der Waals surface area contributed by atoms with Crippen LogP contribution < -0.4 is 0 Å². The summed E-state index contributed by atoms with van der Waals surface area (Å²) in [4.78, 5) is 0. The minimum atomic E-state index is 0. The molecule has 0 saturated heterocycles. The molecule has 0 amide bonds. The molecule has 0 aliphatic carbocycles. The van der Waals surface area contributed by atoms with Gasteiger partial charge in [0.05, 0.1) is 0 Å².